The third kappa shape index (κ3) is 3.06. The van der Waals surface area contributed by atoms with Crippen molar-refractivity contribution in [2.45, 2.75) is 52.2 Å². The van der Waals surface area contributed by atoms with Crippen molar-refractivity contribution in [2.24, 2.45) is 0 Å². The first-order valence-electron chi connectivity index (χ1n) is 8.74. The first-order chi connectivity index (χ1) is 11.7. The lowest BCUT2D eigenvalue weighted by Crippen LogP contribution is -2.42. The molecule has 0 amide bonds. The Bertz CT molecular complexity index is 800. The molecule has 6 nitrogen and oxygen atoms in total. The minimum absolute atomic E-state index is 0.503. The van der Waals surface area contributed by atoms with Gasteiger partial charge in [0.1, 0.15) is 17.3 Å². The fraction of sp³-hybridized carbons (Fsp3) is 0.500. The molecule has 1 aliphatic heterocycles. The number of fused-ring (bicyclic) bond motifs is 1. The lowest BCUT2D eigenvalue weighted by atomic mass is 10.0. The summed E-state index contributed by atoms with van der Waals surface area (Å²) < 4.78 is 4.15. The van der Waals surface area contributed by atoms with Crippen LogP contribution in [-0.2, 0) is 13.1 Å². The Hall–Kier alpha value is -2.21. The molecule has 0 spiro atoms. The highest BCUT2D eigenvalue weighted by Crippen LogP contribution is 2.21. The van der Waals surface area contributed by atoms with Crippen molar-refractivity contribution in [3.8, 4) is 0 Å². The molecule has 126 valence electrons. The molecule has 0 radical (unpaired) electrons. The largest absolute Gasteiger partial charge is 0.307 e. The molecule has 3 aromatic heterocycles. The number of aryl methyl sites for hydroxylation is 2. The lowest BCUT2D eigenvalue weighted by molar-refractivity contribution is 0.120. The number of aromatic nitrogens is 5. The van der Waals surface area contributed by atoms with Crippen molar-refractivity contribution >= 4 is 5.65 Å². The fourth-order valence-corrected chi connectivity index (χ4v) is 3.68. The molecule has 1 fully saturated rings. The van der Waals surface area contributed by atoms with Crippen molar-refractivity contribution in [1.29, 1.82) is 0 Å². The molecule has 1 aliphatic rings. The van der Waals surface area contributed by atoms with Gasteiger partial charge in [-0.2, -0.15) is 5.10 Å². The van der Waals surface area contributed by atoms with Crippen LogP contribution in [-0.4, -0.2) is 41.6 Å². The fourth-order valence-electron chi connectivity index (χ4n) is 3.68. The van der Waals surface area contributed by atoms with Crippen molar-refractivity contribution in [2.75, 3.05) is 6.54 Å². The monoisotopic (exact) mass is 324 g/mol. The van der Waals surface area contributed by atoms with Crippen LogP contribution < -0.4 is 0 Å². The van der Waals surface area contributed by atoms with E-state index in [1.165, 1.54) is 19.3 Å². The molecule has 1 atom stereocenters. The summed E-state index contributed by atoms with van der Waals surface area (Å²) in [5, 5.41) is 4.54. The van der Waals surface area contributed by atoms with Gasteiger partial charge < -0.3 is 4.40 Å². The Morgan fingerprint density at radius 3 is 2.88 bits per heavy atom. The van der Waals surface area contributed by atoms with Crippen LogP contribution in [0, 0.1) is 13.8 Å². The Morgan fingerprint density at radius 1 is 1.17 bits per heavy atom. The standard InChI is InChI=1S/C18H24N6/c1-14-19-15(2)24(21-14)13-17-7-3-5-9-22(17)11-16-12-23-10-6-4-8-18(23)20-16/h4,6,8,10,12,17H,3,5,7,9,11,13H2,1-2H3/t17-/m0/s1. The second-order valence-corrected chi connectivity index (χ2v) is 6.71. The van der Waals surface area contributed by atoms with E-state index in [0.717, 1.165) is 42.6 Å². The molecule has 0 aliphatic carbocycles. The maximum absolute atomic E-state index is 4.76. The Balaban J connectivity index is 1.52. The Labute approximate surface area is 142 Å². The van der Waals surface area contributed by atoms with Crippen LogP contribution >= 0.6 is 0 Å². The van der Waals surface area contributed by atoms with Crippen LogP contribution in [0.2, 0.25) is 0 Å². The summed E-state index contributed by atoms with van der Waals surface area (Å²) in [6, 6.07) is 6.63. The first-order valence-corrected chi connectivity index (χ1v) is 8.74. The van der Waals surface area contributed by atoms with E-state index in [1.807, 2.05) is 26.0 Å². The summed E-state index contributed by atoms with van der Waals surface area (Å²) in [4.78, 5) is 11.7. The maximum Gasteiger partial charge on any atom is 0.147 e. The minimum Gasteiger partial charge on any atom is -0.307 e. The molecule has 0 aromatic carbocycles. The van der Waals surface area contributed by atoms with Crippen LogP contribution in [0.15, 0.2) is 30.6 Å². The summed E-state index contributed by atoms with van der Waals surface area (Å²) in [5.41, 5.74) is 2.16. The molecule has 6 heteroatoms. The third-order valence-electron chi connectivity index (χ3n) is 4.87. The molecule has 0 N–H and O–H groups in total. The third-order valence-corrected chi connectivity index (χ3v) is 4.87. The maximum atomic E-state index is 4.76. The number of likely N-dealkylation sites (tertiary alicyclic amines) is 1. The number of piperidine rings is 1. The molecular weight excluding hydrogens is 300 g/mol. The van der Waals surface area contributed by atoms with Gasteiger partial charge in [0.05, 0.1) is 12.2 Å². The summed E-state index contributed by atoms with van der Waals surface area (Å²) in [7, 11) is 0. The molecule has 1 saturated heterocycles. The number of hydrogen-bond donors (Lipinski definition) is 0. The molecule has 0 bridgehead atoms. The van der Waals surface area contributed by atoms with Gasteiger partial charge in [-0.3, -0.25) is 4.90 Å². The van der Waals surface area contributed by atoms with Crippen LogP contribution in [0.4, 0.5) is 0 Å². The molecule has 0 saturated carbocycles. The zero-order valence-corrected chi connectivity index (χ0v) is 14.4. The summed E-state index contributed by atoms with van der Waals surface area (Å²) in [6.45, 7) is 6.94. The molecule has 4 heterocycles. The number of nitrogens with zero attached hydrogens (tertiary/aromatic N) is 6. The molecule has 3 aromatic rings. The van der Waals surface area contributed by atoms with Gasteiger partial charge in [-0.25, -0.2) is 14.6 Å². The minimum atomic E-state index is 0.503. The number of hydrogen-bond acceptors (Lipinski definition) is 4. The zero-order chi connectivity index (χ0) is 16.5. The van der Waals surface area contributed by atoms with Gasteiger partial charge in [0.25, 0.3) is 0 Å². The molecule has 24 heavy (non-hydrogen) atoms. The predicted molar refractivity (Wildman–Crippen MR) is 92.7 cm³/mol. The van der Waals surface area contributed by atoms with E-state index in [1.54, 1.807) is 0 Å². The lowest BCUT2D eigenvalue weighted by Gasteiger charge is -2.35. The van der Waals surface area contributed by atoms with Crippen molar-refractivity contribution in [1.82, 2.24) is 29.0 Å². The second-order valence-electron chi connectivity index (χ2n) is 6.71. The highest BCUT2D eigenvalue weighted by atomic mass is 15.4. The van der Waals surface area contributed by atoms with E-state index in [2.05, 4.69) is 42.5 Å². The van der Waals surface area contributed by atoms with Crippen LogP contribution in [0.1, 0.15) is 36.6 Å². The molecule has 0 unspecified atom stereocenters. The quantitative estimate of drug-likeness (QED) is 0.740. The average molecular weight is 324 g/mol. The Kier molecular flexibility index (Phi) is 4.06. The van der Waals surface area contributed by atoms with E-state index < -0.39 is 0 Å². The van der Waals surface area contributed by atoms with Crippen LogP contribution in [0.3, 0.4) is 0 Å². The van der Waals surface area contributed by atoms with Crippen molar-refractivity contribution < 1.29 is 0 Å². The van der Waals surface area contributed by atoms with E-state index in [-0.39, 0.29) is 0 Å². The second kappa shape index (κ2) is 6.36. The normalized spacial score (nSPS) is 19.2. The Morgan fingerprint density at radius 2 is 2.08 bits per heavy atom. The first kappa shape index (κ1) is 15.3. The SMILES string of the molecule is Cc1nc(C)n(C[C@@H]2CCCCN2Cc2cn3ccccc3n2)n1. The number of rotatable bonds is 4. The zero-order valence-electron chi connectivity index (χ0n) is 14.4. The van der Waals surface area contributed by atoms with Crippen molar-refractivity contribution in [3.05, 3.63) is 47.9 Å². The molecular formula is C18H24N6. The van der Waals surface area contributed by atoms with E-state index in [0.29, 0.717) is 6.04 Å². The smallest absolute Gasteiger partial charge is 0.147 e. The van der Waals surface area contributed by atoms with Crippen LogP contribution in [0.5, 0.6) is 0 Å². The number of imidazole rings is 1. The summed E-state index contributed by atoms with van der Waals surface area (Å²) >= 11 is 0. The summed E-state index contributed by atoms with van der Waals surface area (Å²) in [5.74, 6) is 1.86. The van der Waals surface area contributed by atoms with Crippen molar-refractivity contribution in [3.63, 3.8) is 0 Å². The molecule has 4 rings (SSSR count). The van der Waals surface area contributed by atoms with E-state index in [4.69, 9.17) is 4.98 Å². The highest BCUT2D eigenvalue weighted by molar-refractivity contribution is 5.39. The van der Waals surface area contributed by atoms with Gasteiger partial charge in [0, 0.05) is 25.0 Å². The predicted octanol–water partition coefficient (Wildman–Crippen LogP) is 2.60. The van der Waals surface area contributed by atoms with Gasteiger partial charge in [-0.15, -0.1) is 0 Å². The van der Waals surface area contributed by atoms with Gasteiger partial charge >= 0.3 is 0 Å². The van der Waals surface area contributed by atoms with E-state index in [9.17, 15) is 0 Å². The van der Waals surface area contributed by atoms with Gasteiger partial charge in [0.15, 0.2) is 0 Å². The van der Waals surface area contributed by atoms with Gasteiger partial charge in [-0.1, -0.05) is 12.5 Å². The number of pyridine rings is 1. The van der Waals surface area contributed by atoms with Gasteiger partial charge in [-0.05, 0) is 45.4 Å². The highest BCUT2D eigenvalue weighted by Gasteiger charge is 2.24. The van der Waals surface area contributed by atoms with E-state index >= 15 is 0 Å². The summed E-state index contributed by atoms with van der Waals surface area (Å²) in [6.07, 6.45) is 7.97. The average Bonchev–Trinajstić information content (AvgIpc) is 3.11. The van der Waals surface area contributed by atoms with Gasteiger partial charge in [0.2, 0.25) is 0 Å². The van der Waals surface area contributed by atoms with Crippen LogP contribution in [0.25, 0.3) is 5.65 Å². The topological polar surface area (TPSA) is 51.2 Å².